The average Bonchev–Trinajstić information content (AvgIpc) is 3.43. The Kier molecular flexibility index (Phi) is 5.68. The van der Waals surface area contributed by atoms with Crippen molar-refractivity contribution in [3.63, 3.8) is 0 Å². The summed E-state index contributed by atoms with van der Waals surface area (Å²) in [5.41, 5.74) is 0.789. The number of rotatable bonds is 7. The van der Waals surface area contributed by atoms with Gasteiger partial charge in [-0.3, -0.25) is 9.59 Å². The number of benzene rings is 1. The van der Waals surface area contributed by atoms with Crippen LogP contribution in [0.1, 0.15) is 37.3 Å². The fraction of sp³-hybridized carbons (Fsp3) is 0.579. The third kappa shape index (κ3) is 4.37. The fourth-order valence-corrected chi connectivity index (χ4v) is 3.45. The molecule has 0 spiro atoms. The quantitative estimate of drug-likeness (QED) is 0.822. The molecule has 25 heavy (non-hydrogen) atoms. The molecule has 0 bridgehead atoms. The number of carbonyl (C=O) groups is 2. The van der Waals surface area contributed by atoms with Gasteiger partial charge in [0, 0.05) is 26.6 Å². The zero-order chi connectivity index (χ0) is 17.8. The van der Waals surface area contributed by atoms with Crippen LogP contribution in [0.15, 0.2) is 24.3 Å². The first-order chi connectivity index (χ1) is 12.1. The van der Waals surface area contributed by atoms with E-state index in [9.17, 15) is 14.0 Å². The van der Waals surface area contributed by atoms with Crippen molar-refractivity contribution in [1.82, 2.24) is 10.2 Å². The van der Waals surface area contributed by atoms with Crippen LogP contribution >= 0.6 is 0 Å². The van der Waals surface area contributed by atoms with E-state index in [1.165, 1.54) is 25.0 Å². The number of nitrogens with zero attached hydrogens (tertiary/aromatic N) is 1. The molecule has 5 nitrogen and oxygen atoms in total. The van der Waals surface area contributed by atoms with Gasteiger partial charge in [0.05, 0.1) is 18.6 Å². The lowest BCUT2D eigenvalue weighted by atomic mass is 9.83. The molecule has 1 aromatic rings. The molecule has 3 rings (SSSR count). The highest BCUT2D eigenvalue weighted by molar-refractivity contribution is 5.85. The molecule has 0 aromatic heterocycles. The fourth-order valence-electron chi connectivity index (χ4n) is 3.45. The first kappa shape index (κ1) is 17.9. The van der Waals surface area contributed by atoms with E-state index < -0.39 is 0 Å². The number of carbonyl (C=O) groups excluding carboxylic acids is 2. The lowest BCUT2D eigenvalue weighted by Gasteiger charge is -2.40. The van der Waals surface area contributed by atoms with Gasteiger partial charge in [0.1, 0.15) is 5.82 Å². The van der Waals surface area contributed by atoms with Gasteiger partial charge in [-0.25, -0.2) is 4.39 Å². The summed E-state index contributed by atoms with van der Waals surface area (Å²) in [7, 11) is 1.58. The summed E-state index contributed by atoms with van der Waals surface area (Å²) in [5.74, 6) is -0.0559. The van der Waals surface area contributed by atoms with Crippen molar-refractivity contribution in [2.45, 2.75) is 31.7 Å². The summed E-state index contributed by atoms with van der Waals surface area (Å²) in [5, 5.41) is 3.03. The molecule has 0 radical (unpaired) electrons. The first-order valence-corrected chi connectivity index (χ1v) is 8.91. The molecule has 0 unspecified atom stereocenters. The molecule has 1 saturated heterocycles. The van der Waals surface area contributed by atoms with E-state index in [2.05, 4.69) is 5.32 Å². The monoisotopic (exact) mass is 348 g/mol. The largest absolute Gasteiger partial charge is 0.383 e. The first-order valence-electron chi connectivity index (χ1n) is 8.91. The maximum absolute atomic E-state index is 13.3. The molecule has 1 N–H and O–H groups in total. The zero-order valence-corrected chi connectivity index (χ0v) is 14.5. The van der Waals surface area contributed by atoms with Gasteiger partial charge in [-0.15, -0.1) is 0 Å². The minimum absolute atomic E-state index is 0.0117. The third-order valence-electron chi connectivity index (χ3n) is 5.05. The van der Waals surface area contributed by atoms with Crippen LogP contribution < -0.4 is 5.32 Å². The zero-order valence-electron chi connectivity index (χ0n) is 14.5. The highest BCUT2D eigenvalue weighted by Gasteiger charge is 2.40. The lowest BCUT2D eigenvalue weighted by molar-refractivity contribution is -0.144. The maximum atomic E-state index is 13.3. The number of amides is 2. The Morgan fingerprint density at radius 1 is 1.28 bits per heavy atom. The highest BCUT2D eigenvalue weighted by Crippen LogP contribution is 2.37. The van der Waals surface area contributed by atoms with Gasteiger partial charge >= 0.3 is 0 Å². The second kappa shape index (κ2) is 7.95. The van der Waals surface area contributed by atoms with Crippen LogP contribution in [0.25, 0.3) is 0 Å². The molecule has 2 amide bonds. The summed E-state index contributed by atoms with van der Waals surface area (Å²) in [4.78, 5) is 26.9. The summed E-state index contributed by atoms with van der Waals surface area (Å²) in [6.45, 7) is 1.53. The van der Waals surface area contributed by atoms with Crippen molar-refractivity contribution in [2.24, 2.45) is 11.8 Å². The molecule has 1 aliphatic carbocycles. The van der Waals surface area contributed by atoms with Crippen LogP contribution in [0, 0.1) is 17.7 Å². The maximum Gasteiger partial charge on any atom is 0.225 e. The van der Waals surface area contributed by atoms with Gasteiger partial charge < -0.3 is 15.0 Å². The average molecular weight is 348 g/mol. The van der Waals surface area contributed by atoms with Crippen molar-refractivity contribution < 1.29 is 18.7 Å². The van der Waals surface area contributed by atoms with Crippen LogP contribution in [0.2, 0.25) is 0 Å². The van der Waals surface area contributed by atoms with Gasteiger partial charge in [0.25, 0.3) is 0 Å². The van der Waals surface area contributed by atoms with Gasteiger partial charge in [-0.1, -0.05) is 12.1 Å². The smallest absolute Gasteiger partial charge is 0.225 e. The number of nitrogens with one attached hydrogen (secondary N) is 1. The number of hydrogen-bond acceptors (Lipinski definition) is 3. The molecule has 6 heteroatoms. The molecule has 1 saturated carbocycles. The molecule has 136 valence electrons. The van der Waals surface area contributed by atoms with Crippen LogP contribution in [0.5, 0.6) is 0 Å². The molecular formula is C19H25FN2O3. The molecule has 2 aliphatic rings. The van der Waals surface area contributed by atoms with Crippen LogP contribution in [-0.2, 0) is 14.3 Å². The van der Waals surface area contributed by atoms with Crippen LogP contribution in [0.4, 0.5) is 4.39 Å². The van der Waals surface area contributed by atoms with Crippen molar-refractivity contribution in [1.29, 1.82) is 0 Å². The van der Waals surface area contributed by atoms with E-state index in [4.69, 9.17) is 4.74 Å². The minimum Gasteiger partial charge on any atom is -0.383 e. The Balaban J connectivity index is 1.83. The topological polar surface area (TPSA) is 58.6 Å². The number of hydrogen-bond donors (Lipinski definition) is 1. The summed E-state index contributed by atoms with van der Waals surface area (Å²) in [6.07, 6.45) is 3.21. The number of piperidine rings is 1. The summed E-state index contributed by atoms with van der Waals surface area (Å²) >= 11 is 0. The number of likely N-dealkylation sites (tertiary alicyclic amines) is 1. The SMILES string of the molecule is COCCN1C(=O)CC[C@@H](C(=O)NCC2CC2)[C@@H]1c1ccc(F)cc1. The Morgan fingerprint density at radius 2 is 2.00 bits per heavy atom. The number of ether oxygens (including phenoxy) is 1. The third-order valence-corrected chi connectivity index (χ3v) is 5.05. The number of halogens is 1. The van der Waals surface area contributed by atoms with Crippen molar-refractivity contribution in [2.75, 3.05) is 26.8 Å². The van der Waals surface area contributed by atoms with Crippen LogP contribution in [-0.4, -0.2) is 43.5 Å². The molecule has 1 heterocycles. The highest BCUT2D eigenvalue weighted by atomic mass is 19.1. The summed E-state index contributed by atoms with van der Waals surface area (Å²) < 4.78 is 18.4. The Bertz CT molecular complexity index is 616. The second-order valence-corrected chi connectivity index (χ2v) is 6.91. The molecule has 2 atom stereocenters. The Labute approximate surface area is 147 Å². The second-order valence-electron chi connectivity index (χ2n) is 6.91. The summed E-state index contributed by atoms with van der Waals surface area (Å²) in [6, 6.07) is 5.71. The van der Waals surface area contributed by atoms with E-state index >= 15 is 0 Å². The predicted molar refractivity (Wildman–Crippen MR) is 91.2 cm³/mol. The predicted octanol–water partition coefficient (Wildman–Crippen LogP) is 2.28. The van der Waals surface area contributed by atoms with E-state index in [-0.39, 0.29) is 29.6 Å². The van der Waals surface area contributed by atoms with Gasteiger partial charge in [0.15, 0.2) is 0 Å². The normalized spacial score (nSPS) is 23.6. The van der Waals surface area contributed by atoms with Gasteiger partial charge in [-0.05, 0) is 42.9 Å². The van der Waals surface area contributed by atoms with Crippen molar-refractivity contribution in [3.8, 4) is 0 Å². The van der Waals surface area contributed by atoms with Gasteiger partial charge in [0.2, 0.25) is 11.8 Å². The minimum atomic E-state index is -0.379. The van der Waals surface area contributed by atoms with Crippen molar-refractivity contribution >= 4 is 11.8 Å². The Morgan fingerprint density at radius 3 is 2.64 bits per heavy atom. The number of methoxy groups -OCH3 is 1. The standard InChI is InChI=1S/C19H25FN2O3/c1-25-11-10-22-17(23)9-8-16(19(24)21-12-13-2-3-13)18(22)14-4-6-15(20)7-5-14/h4-7,13,16,18H,2-3,8-12H2,1H3,(H,21,24)/t16-,18+/m1/s1. The van der Waals surface area contributed by atoms with E-state index in [0.29, 0.717) is 38.5 Å². The lowest BCUT2D eigenvalue weighted by Crippen LogP contribution is -2.49. The molecular weight excluding hydrogens is 323 g/mol. The molecule has 1 aliphatic heterocycles. The van der Waals surface area contributed by atoms with Crippen molar-refractivity contribution in [3.05, 3.63) is 35.6 Å². The van der Waals surface area contributed by atoms with E-state index in [1.54, 1.807) is 24.1 Å². The Hall–Kier alpha value is -1.95. The van der Waals surface area contributed by atoms with Crippen LogP contribution in [0.3, 0.4) is 0 Å². The molecule has 2 fully saturated rings. The van der Waals surface area contributed by atoms with E-state index in [1.807, 2.05) is 0 Å². The van der Waals surface area contributed by atoms with Gasteiger partial charge in [-0.2, -0.15) is 0 Å². The molecule has 1 aromatic carbocycles. The van der Waals surface area contributed by atoms with E-state index in [0.717, 1.165) is 5.56 Å².